The van der Waals surface area contributed by atoms with Gasteiger partial charge in [-0.15, -0.1) is 0 Å². The summed E-state index contributed by atoms with van der Waals surface area (Å²) in [6, 6.07) is 4.86. The predicted octanol–water partition coefficient (Wildman–Crippen LogP) is 3.59. The average molecular weight is 378 g/mol. The molecule has 2 atom stereocenters. The highest BCUT2D eigenvalue weighted by Gasteiger charge is 2.29. The van der Waals surface area contributed by atoms with Crippen molar-refractivity contribution in [2.75, 3.05) is 13.1 Å². The van der Waals surface area contributed by atoms with E-state index in [0.717, 1.165) is 11.0 Å². The summed E-state index contributed by atoms with van der Waals surface area (Å²) in [4.78, 5) is 13.2. The van der Waals surface area contributed by atoms with E-state index in [1.54, 1.807) is 12.1 Å². The van der Waals surface area contributed by atoms with Gasteiger partial charge >= 0.3 is 12.6 Å². The molecule has 0 spiro atoms. The SMILES string of the molecule is CC1CC(C(=O)O)CN(Cc2cc(Br)ccc2OC(F)F)C1. The number of hydrogen-bond donors (Lipinski definition) is 1. The first-order valence-corrected chi connectivity index (χ1v) is 7.83. The van der Waals surface area contributed by atoms with Crippen LogP contribution in [0.4, 0.5) is 8.78 Å². The van der Waals surface area contributed by atoms with Gasteiger partial charge in [0.15, 0.2) is 0 Å². The summed E-state index contributed by atoms with van der Waals surface area (Å²) < 4.78 is 30.3. The number of aliphatic carboxylic acids is 1. The van der Waals surface area contributed by atoms with Gasteiger partial charge in [0.05, 0.1) is 5.92 Å². The fourth-order valence-electron chi connectivity index (χ4n) is 2.89. The minimum atomic E-state index is -2.88. The number of carboxylic acids is 1. The van der Waals surface area contributed by atoms with Crippen LogP contribution in [0.15, 0.2) is 22.7 Å². The quantitative estimate of drug-likeness (QED) is 0.851. The smallest absolute Gasteiger partial charge is 0.387 e. The van der Waals surface area contributed by atoms with Gasteiger partial charge in [0, 0.05) is 29.7 Å². The van der Waals surface area contributed by atoms with Gasteiger partial charge in [-0.3, -0.25) is 9.69 Å². The standard InChI is InChI=1S/C15H18BrF2NO3/c1-9-4-11(14(20)21)8-19(6-9)7-10-5-12(16)2-3-13(10)22-15(17)18/h2-3,5,9,11,15H,4,6-8H2,1H3,(H,20,21). The van der Waals surface area contributed by atoms with E-state index in [2.05, 4.69) is 20.7 Å². The topological polar surface area (TPSA) is 49.8 Å². The molecule has 1 heterocycles. The molecule has 0 saturated carbocycles. The number of halogens is 3. The molecule has 1 saturated heterocycles. The van der Waals surface area contributed by atoms with Crippen LogP contribution in [-0.2, 0) is 11.3 Å². The number of likely N-dealkylation sites (tertiary alicyclic amines) is 1. The van der Waals surface area contributed by atoms with E-state index >= 15 is 0 Å². The third-order valence-corrected chi connectivity index (χ3v) is 4.21. The number of benzene rings is 1. The molecule has 2 rings (SSSR count). The molecule has 1 aliphatic heterocycles. The summed E-state index contributed by atoms with van der Waals surface area (Å²) in [5.41, 5.74) is 0.618. The van der Waals surface area contributed by atoms with Crippen LogP contribution >= 0.6 is 15.9 Å². The normalized spacial score (nSPS) is 22.8. The van der Waals surface area contributed by atoms with Crippen LogP contribution in [0.3, 0.4) is 0 Å². The highest BCUT2D eigenvalue weighted by Crippen LogP contribution is 2.29. The molecule has 0 aromatic heterocycles. The minimum Gasteiger partial charge on any atom is -0.481 e. The van der Waals surface area contributed by atoms with Gasteiger partial charge in [-0.1, -0.05) is 22.9 Å². The van der Waals surface area contributed by atoms with E-state index in [9.17, 15) is 18.7 Å². The summed E-state index contributed by atoms with van der Waals surface area (Å²) in [5.74, 6) is -0.852. The van der Waals surface area contributed by atoms with Gasteiger partial charge in [-0.05, 0) is 30.5 Å². The predicted molar refractivity (Wildman–Crippen MR) is 81.0 cm³/mol. The molecule has 1 N–H and O–H groups in total. The van der Waals surface area contributed by atoms with Crippen molar-refractivity contribution in [1.29, 1.82) is 0 Å². The van der Waals surface area contributed by atoms with E-state index in [1.807, 2.05) is 11.8 Å². The number of rotatable bonds is 5. The number of carboxylic acid groups (broad SMARTS) is 1. The van der Waals surface area contributed by atoms with Crippen LogP contribution in [-0.4, -0.2) is 35.7 Å². The summed E-state index contributed by atoms with van der Waals surface area (Å²) in [6.07, 6.45) is 0.644. The second-order valence-electron chi connectivity index (χ2n) is 5.70. The summed E-state index contributed by atoms with van der Waals surface area (Å²) >= 11 is 3.32. The van der Waals surface area contributed by atoms with Crippen molar-refractivity contribution >= 4 is 21.9 Å². The van der Waals surface area contributed by atoms with Gasteiger partial charge in [0.25, 0.3) is 0 Å². The second kappa shape index (κ2) is 7.37. The lowest BCUT2D eigenvalue weighted by molar-refractivity contribution is -0.144. The molecular weight excluding hydrogens is 360 g/mol. The molecule has 2 unspecified atom stereocenters. The van der Waals surface area contributed by atoms with E-state index in [4.69, 9.17) is 0 Å². The monoisotopic (exact) mass is 377 g/mol. The molecule has 4 nitrogen and oxygen atoms in total. The Morgan fingerprint density at radius 3 is 2.86 bits per heavy atom. The maximum absolute atomic E-state index is 12.5. The van der Waals surface area contributed by atoms with Crippen LogP contribution < -0.4 is 4.74 Å². The van der Waals surface area contributed by atoms with Crippen molar-refractivity contribution in [1.82, 2.24) is 4.90 Å². The highest BCUT2D eigenvalue weighted by atomic mass is 79.9. The maximum atomic E-state index is 12.5. The lowest BCUT2D eigenvalue weighted by Crippen LogP contribution is -2.42. The molecule has 22 heavy (non-hydrogen) atoms. The first kappa shape index (κ1) is 17.1. The van der Waals surface area contributed by atoms with E-state index in [0.29, 0.717) is 25.1 Å². The minimum absolute atomic E-state index is 0.128. The van der Waals surface area contributed by atoms with Crippen molar-refractivity contribution in [2.45, 2.75) is 26.5 Å². The average Bonchev–Trinajstić information content (AvgIpc) is 2.40. The van der Waals surface area contributed by atoms with Crippen molar-refractivity contribution in [2.24, 2.45) is 11.8 Å². The highest BCUT2D eigenvalue weighted by molar-refractivity contribution is 9.10. The van der Waals surface area contributed by atoms with Gasteiger partial charge < -0.3 is 9.84 Å². The number of alkyl halides is 2. The number of carbonyl (C=O) groups is 1. The number of nitrogens with zero attached hydrogens (tertiary/aromatic N) is 1. The molecule has 0 bridgehead atoms. The van der Waals surface area contributed by atoms with Crippen LogP contribution in [0.25, 0.3) is 0 Å². The van der Waals surface area contributed by atoms with Gasteiger partial charge in [0.1, 0.15) is 5.75 Å². The van der Waals surface area contributed by atoms with E-state index < -0.39 is 18.5 Å². The third kappa shape index (κ3) is 4.64. The lowest BCUT2D eigenvalue weighted by Gasteiger charge is -2.34. The van der Waals surface area contributed by atoms with E-state index in [1.165, 1.54) is 6.07 Å². The van der Waals surface area contributed by atoms with Gasteiger partial charge in [-0.2, -0.15) is 8.78 Å². The Hall–Kier alpha value is -1.21. The van der Waals surface area contributed by atoms with Gasteiger partial charge in [0.2, 0.25) is 0 Å². The van der Waals surface area contributed by atoms with Crippen LogP contribution in [0, 0.1) is 11.8 Å². The Morgan fingerprint density at radius 1 is 1.50 bits per heavy atom. The molecule has 0 amide bonds. The lowest BCUT2D eigenvalue weighted by atomic mass is 9.90. The number of hydrogen-bond acceptors (Lipinski definition) is 3. The molecule has 7 heteroatoms. The largest absolute Gasteiger partial charge is 0.481 e. The molecule has 0 radical (unpaired) electrons. The maximum Gasteiger partial charge on any atom is 0.387 e. The molecular formula is C15H18BrF2NO3. The molecule has 0 aliphatic carbocycles. The molecule has 1 aliphatic rings. The van der Waals surface area contributed by atoms with Crippen LogP contribution in [0.1, 0.15) is 18.9 Å². The van der Waals surface area contributed by atoms with Crippen LogP contribution in [0.5, 0.6) is 5.75 Å². The Morgan fingerprint density at radius 2 is 2.23 bits per heavy atom. The Balaban J connectivity index is 2.15. The zero-order chi connectivity index (χ0) is 16.3. The first-order chi connectivity index (χ1) is 10.3. The number of piperidine rings is 1. The summed E-state index contributed by atoms with van der Waals surface area (Å²) in [6.45, 7) is 0.659. The molecule has 1 aromatic carbocycles. The summed E-state index contributed by atoms with van der Waals surface area (Å²) in [7, 11) is 0. The third-order valence-electron chi connectivity index (χ3n) is 3.72. The summed E-state index contributed by atoms with van der Waals surface area (Å²) in [5, 5.41) is 9.20. The second-order valence-corrected chi connectivity index (χ2v) is 6.62. The van der Waals surface area contributed by atoms with Crippen molar-refractivity contribution in [3.05, 3.63) is 28.2 Å². The van der Waals surface area contributed by atoms with Crippen molar-refractivity contribution in [3.63, 3.8) is 0 Å². The Labute approximate surface area is 136 Å². The van der Waals surface area contributed by atoms with E-state index in [-0.39, 0.29) is 11.7 Å². The fourth-order valence-corrected chi connectivity index (χ4v) is 3.30. The Bertz CT molecular complexity index is 542. The molecule has 1 aromatic rings. The van der Waals surface area contributed by atoms with Crippen molar-refractivity contribution < 1.29 is 23.4 Å². The van der Waals surface area contributed by atoms with Crippen LogP contribution in [0.2, 0.25) is 0 Å². The first-order valence-electron chi connectivity index (χ1n) is 7.03. The molecule has 1 fully saturated rings. The zero-order valence-electron chi connectivity index (χ0n) is 12.1. The fraction of sp³-hybridized carbons (Fsp3) is 0.533. The number of ether oxygens (including phenoxy) is 1. The van der Waals surface area contributed by atoms with Crippen molar-refractivity contribution in [3.8, 4) is 5.75 Å². The van der Waals surface area contributed by atoms with Gasteiger partial charge in [-0.25, -0.2) is 0 Å². The molecule has 122 valence electrons. The Kier molecular flexibility index (Phi) is 5.74. The zero-order valence-corrected chi connectivity index (χ0v) is 13.7.